The molecule has 0 unspecified atom stereocenters. The Morgan fingerprint density at radius 2 is 2.00 bits per heavy atom. The van der Waals surface area contributed by atoms with Crippen LogP contribution in [0.4, 0.5) is 10.5 Å². The molecule has 0 aliphatic carbocycles. The summed E-state index contributed by atoms with van der Waals surface area (Å²) in [5.41, 5.74) is 3.19. The number of carbonyl (C=O) groups excluding carboxylic acids is 1. The average molecular weight is 361 g/mol. The van der Waals surface area contributed by atoms with Crippen LogP contribution in [0.1, 0.15) is 17.5 Å². The van der Waals surface area contributed by atoms with E-state index in [0.29, 0.717) is 5.69 Å². The van der Waals surface area contributed by atoms with Crippen molar-refractivity contribution in [1.82, 2.24) is 10.2 Å². The number of likely N-dealkylation sites (N-methyl/N-ethyl adjacent to an activating group) is 1. The molecule has 0 radical (unpaired) electrons. The lowest BCUT2D eigenvalue weighted by Crippen LogP contribution is -2.46. The molecule has 2 rings (SSSR count). The molecule has 0 bridgehead atoms. The number of aliphatic hydroxyl groups excluding tert-OH is 1. The van der Waals surface area contributed by atoms with Crippen LogP contribution in [0, 0.1) is 5.92 Å². The number of carboxylic acid groups (broad SMARTS) is 1. The number of rotatable bonds is 7. The lowest BCUT2D eigenvalue weighted by Gasteiger charge is -2.24. The van der Waals surface area contributed by atoms with Gasteiger partial charge in [-0.2, -0.15) is 0 Å². The predicted molar refractivity (Wildman–Crippen MR) is 100 cm³/mol. The number of hydrogen-bond donors (Lipinski definition) is 4. The van der Waals surface area contributed by atoms with E-state index in [2.05, 4.69) is 29.2 Å². The van der Waals surface area contributed by atoms with E-state index < -0.39 is 24.7 Å². The minimum absolute atomic E-state index is 0.257. The minimum atomic E-state index is -1.28. The van der Waals surface area contributed by atoms with Crippen molar-refractivity contribution in [3.63, 3.8) is 0 Å². The van der Waals surface area contributed by atoms with Crippen LogP contribution in [0.25, 0.3) is 0 Å². The van der Waals surface area contributed by atoms with Crippen molar-refractivity contribution in [2.75, 3.05) is 32.1 Å². The number of fused-ring (bicyclic) bond motifs is 1. The van der Waals surface area contributed by atoms with Gasteiger partial charge < -0.3 is 25.7 Å². The van der Waals surface area contributed by atoms with Gasteiger partial charge in [0.2, 0.25) is 5.91 Å². The SMILES string of the molecule is C=CC[C@@H](C(=O)Nc1ccc2c(c1)CCN(C)CC2)[C@H](CO)NC(=O)O. The van der Waals surface area contributed by atoms with Crippen molar-refractivity contribution in [1.29, 1.82) is 0 Å². The van der Waals surface area contributed by atoms with E-state index in [4.69, 9.17) is 5.11 Å². The molecule has 1 aromatic carbocycles. The number of benzene rings is 1. The summed E-state index contributed by atoms with van der Waals surface area (Å²) in [4.78, 5) is 25.8. The molecule has 142 valence electrons. The molecule has 2 atom stereocenters. The maximum atomic E-state index is 12.7. The molecule has 7 heteroatoms. The summed E-state index contributed by atoms with van der Waals surface area (Å²) in [5, 5.41) is 23.4. The highest BCUT2D eigenvalue weighted by molar-refractivity contribution is 5.93. The molecule has 2 amide bonds. The van der Waals surface area contributed by atoms with Crippen LogP contribution in [0.2, 0.25) is 0 Å². The fourth-order valence-corrected chi connectivity index (χ4v) is 3.22. The molecule has 7 nitrogen and oxygen atoms in total. The van der Waals surface area contributed by atoms with Crippen molar-refractivity contribution in [3.8, 4) is 0 Å². The summed E-state index contributed by atoms with van der Waals surface area (Å²) in [6.07, 6.45) is 2.43. The predicted octanol–water partition coefficient (Wildman–Crippen LogP) is 1.48. The Labute approximate surface area is 153 Å². The summed E-state index contributed by atoms with van der Waals surface area (Å²) in [5.74, 6) is -1.08. The van der Waals surface area contributed by atoms with Crippen LogP contribution in [0.5, 0.6) is 0 Å². The van der Waals surface area contributed by atoms with E-state index in [9.17, 15) is 14.7 Å². The first-order valence-corrected chi connectivity index (χ1v) is 8.77. The fourth-order valence-electron chi connectivity index (χ4n) is 3.22. The Morgan fingerprint density at radius 3 is 2.62 bits per heavy atom. The van der Waals surface area contributed by atoms with E-state index in [-0.39, 0.29) is 12.3 Å². The van der Waals surface area contributed by atoms with Crippen molar-refractivity contribution >= 4 is 17.7 Å². The maximum Gasteiger partial charge on any atom is 0.404 e. The molecular formula is C19H27N3O4. The van der Waals surface area contributed by atoms with Gasteiger partial charge in [-0.3, -0.25) is 4.79 Å². The monoisotopic (exact) mass is 361 g/mol. The van der Waals surface area contributed by atoms with Crippen molar-refractivity contribution in [3.05, 3.63) is 42.0 Å². The standard InChI is InChI=1S/C19H27N3O4/c1-3-4-16(17(12-23)21-19(25)26)18(24)20-15-6-5-13-7-9-22(2)10-8-14(13)11-15/h3,5-6,11,16-17,21,23H,1,4,7-10,12H2,2H3,(H,20,24)(H,25,26)/t16-,17+/m1/s1. The number of amides is 2. The molecule has 26 heavy (non-hydrogen) atoms. The molecule has 0 aromatic heterocycles. The van der Waals surface area contributed by atoms with Gasteiger partial charge in [-0.05, 0) is 49.6 Å². The number of hydrogen-bond acceptors (Lipinski definition) is 4. The lowest BCUT2D eigenvalue weighted by atomic mass is 9.95. The summed E-state index contributed by atoms with van der Waals surface area (Å²) in [7, 11) is 2.10. The van der Waals surface area contributed by atoms with Crippen LogP contribution >= 0.6 is 0 Å². The first-order chi connectivity index (χ1) is 12.4. The Kier molecular flexibility index (Phi) is 7.17. The molecular weight excluding hydrogens is 334 g/mol. The zero-order chi connectivity index (χ0) is 19.1. The highest BCUT2D eigenvalue weighted by Gasteiger charge is 2.28. The summed E-state index contributed by atoms with van der Waals surface area (Å²) in [6.45, 7) is 5.14. The Morgan fingerprint density at radius 1 is 1.31 bits per heavy atom. The van der Waals surface area contributed by atoms with E-state index in [0.717, 1.165) is 25.9 Å². The van der Waals surface area contributed by atoms with Gasteiger partial charge >= 0.3 is 6.09 Å². The molecule has 0 saturated carbocycles. The van der Waals surface area contributed by atoms with Crippen LogP contribution in [0.3, 0.4) is 0 Å². The van der Waals surface area contributed by atoms with Gasteiger partial charge in [-0.15, -0.1) is 6.58 Å². The highest BCUT2D eigenvalue weighted by Crippen LogP contribution is 2.21. The third-order valence-electron chi connectivity index (χ3n) is 4.75. The Bertz CT molecular complexity index is 662. The fraction of sp³-hybridized carbons (Fsp3) is 0.474. The molecule has 1 heterocycles. The summed E-state index contributed by atoms with van der Waals surface area (Å²) >= 11 is 0. The highest BCUT2D eigenvalue weighted by atomic mass is 16.4. The van der Waals surface area contributed by atoms with Gasteiger partial charge in [0.05, 0.1) is 18.6 Å². The van der Waals surface area contributed by atoms with Crippen LogP contribution in [0.15, 0.2) is 30.9 Å². The topological polar surface area (TPSA) is 102 Å². The van der Waals surface area contributed by atoms with Gasteiger partial charge in [0.1, 0.15) is 0 Å². The smallest absolute Gasteiger partial charge is 0.404 e. The van der Waals surface area contributed by atoms with E-state index >= 15 is 0 Å². The molecule has 0 saturated heterocycles. The van der Waals surface area contributed by atoms with Crippen molar-refractivity contribution < 1.29 is 19.8 Å². The summed E-state index contributed by atoms with van der Waals surface area (Å²) in [6, 6.07) is 4.99. The van der Waals surface area contributed by atoms with E-state index in [1.165, 1.54) is 11.1 Å². The zero-order valence-electron chi connectivity index (χ0n) is 15.1. The first-order valence-electron chi connectivity index (χ1n) is 8.77. The quantitative estimate of drug-likeness (QED) is 0.551. The molecule has 1 aliphatic rings. The molecule has 1 aliphatic heterocycles. The number of nitrogens with one attached hydrogen (secondary N) is 2. The minimum Gasteiger partial charge on any atom is -0.465 e. The van der Waals surface area contributed by atoms with Crippen LogP contribution in [-0.4, -0.2) is 59.9 Å². The van der Waals surface area contributed by atoms with Crippen molar-refractivity contribution in [2.45, 2.75) is 25.3 Å². The molecule has 0 spiro atoms. The number of anilines is 1. The van der Waals surface area contributed by atoms with Gasteiger partial charge in [0.25, 0.3) is 0 Å². The average Bonchev–Trinajstić information content (AvgIpc) is 2.79. The normalized spacial score (nSPS) is 16.7. The number of nitrogens with zero attached hydrogens (tertiary/aromatic N) is 1. The van der Waals surface area contributed by atoms with E-state index in [1.54, 1.807) is 6.08 Å². The Hall–Kier alpha value is -2.38. The maximum absolute atomic E-state index is 12.7. The van der Waals surface area contributed by atoms with Gasteiger partial charge in [-0.1, -0.05) is 12.1 Å². The molecule has 0 fully saturated rings. The van der Waals surface area contributed by atoms with Crippen LogP contribution in [-0.2, 0) is 17.6 Å². The second-order valence-corrected chi connectivity index (χ2v) is 6.65. The zero-order valence-corrected chi connectivity index (χ0v) is 15.1. The van der Waals surface area contributed by atoms with Gasteiger partial charge in [0, 0.05) is 18.8 Å². The second kappa shape index (κ2) is 9.35. The number of allylic oxidation sites excluding steroid dienone is 1. The van der Waals surface area contributed by atoms with Crippen molar-refractivity contribution in [2.24, 2.45) is 5.92 Å². The van der Waals surface area contributed by atoms with Crippen LogP contribution < -0.4 is 10.6 Å². The molecule has 1 aromatic rings. The summed E-state index contributed by atoms with van der Waals surface area (Å²) < 4.78 is 0. The van der Waals surface area contributed by atoms with Gasteiger partial charge in [0.15, 0.2) is 0 Å². The number of carbonyl (C=O) groups is 2. The molecule has 4 N–H and O–H groups in total. The Balaban J connectivity index is 2.13. The largest absolute Gasteiger partial charge is 0.465 e. The lowest BCUT2D eigenvalue weighted by molar-refractivity contribution is -0.121. The number of aliphatic hydroxyl groups is 1. The van der Waals surface area contributed by atoms with Gasteiger partial charge in [-0.25, -0.2) is 4.79 Å². The first kappa shape index (κ1) is 19.9. The third-order valence-corrected chi connectivity index (χ3v) is 4.75. The third kappa shape index (κ3) is 5.31. The second-order valence-electron chi connectivity index (χ2n) is 6.65. The van der Waals surface area contributed by atoms with E-state index in [1.807, 2.05) is 18.2 Å².